The van der Waals surface area contributed by atoms with Crippen LogP contribution >= 0.6 is 11.3 Å². The van der Waals surface area contributed by atoms with Crippen LogP contribution in [0.3, 0.4) is 0 Å². The third kappa shape index (κ3) is 2.85. The van der Waals surface area contributed by atoms with Crippen LogP contribution in [0.15, 0.2) is 59.5 Å². The fraction of sp³-hybridized carbons (Fsp3) is 0.0526. The van der Waals surface area contributed by atoms with Gasteiger partial charge in [-0.05, 0) is 42.0 Å². The quantitative estimate of drug-likeness (QED) is 0.674. The van der Waals surface area contributed by atoms with Crippen LogP contribution in [-0.2, 0) is 16.6 Å². The van der Waals surface area contributed by atoms with Crippen LogP contribution < -0.4 is 4.31 Å². The topological polar surface area (TPSA) is 112 Å². The zero-order valence-electron chi connectivity index (χ0n) is 14.2. The van der Waals surface area contributed by atoms with Crippen molar-refractivity contribution >= 4 is 39.0 Å². The Morgan fingerprint density at radius 3 is 2.29 bits per heavy atom. The van der Waals surface area contributed by atoms with Crippen LogP contribution in [0.1, 0.15) is 25.6 Å². The van der Waals surface area contributed by atoms with Gasteiger partial charge in [0.2, 0.25) is 0 Å². The number of nitrogens with zero attached hydrogens (tertiary/aromatic N) is 1. The molecule has 7 nitrogen and oxygen atoms in total. The van der Waals surface area contributed by atoms with Crippen LogP contribution in [0.25, 0.3) is 10.4 Å². The normalized spacial score (nSPS) is 12.9. The minimum absolute atomic E-state index is 0.000851. The Morgan fingerprint density at radius 2 is 1.64 bits per heavy atom. The maximum atomic E-state index is 13.2. The summed E-state index contributed by atoms with van der Waals surface area (Å²) < 4.78 is 27.7. The molecule has 0 bridgehead atoms. The van der Waals surface area contributed by atoms with Gasteiger partial charge in [0, 0.05) is 10.4 Å². The number of carbonyl (C=O) groups is 2. The number of sulfonamides is 1. The van der Waals surface area contributed by atoms with Gasteiger partial charge in [0.15, 0.2) is 0 Å². The molecule has 1 aliphatic heterocycles. The number of rotatable bonds is 4. The van der Waals surface area contributed by atoms with Crippen LogP contribution in [0, 0.1) is 0 Å². The number of hydrogen-bond acceptors (Lipinski definition) is 5. The standard InChI is InChI=1S/C19H13NO6S2/c21-18(22)11-5-7-13(8-6-11)28(25,26)20-10-12-9-16(19(23)24)27-17(12)14-3-1-2-4-15(14)20/h1-9H,10H2,(H,21,22)(H,23,24). The fourth-order valence-corrected chi connectivity index (χ4v) is 5.62. The molecule has 142 valence electrons. The summed E-state index contributed by atoms with van der Waals surface area (Å²) in [5.41, 5.74) is 1.71. The Morgan fingerprint density at radius 1 is 0.964 bits per heavy atom. The molecular weight excluding hydrogens is 402 g/mol. The van der Waals surface area contributed by atoms with Gasteiger partial charge in [-0.3, -0.25) is 4.31 Å². The second kappa shape index (κ2) is 6.47. The molecule has 0 saturated carbocycles. The Bertz CT molecular complexity index is 1210. The molecule has 28 heavy (non-hydrogen) atoms. The van der Waals surface area contributed by atoms with Gasteiger partial charge in [-0.15, -0.1) is 11.3 Å². The third-order valence-electron chi connectivity index (χ3n) is 4.44. The Labute approximate surface area is 164 Å². The molecule has 2 heterocycles. The van der Waals surface area contributed by atoms with Crippen molar-refractivity contribution < 1.29 is 28.2 Å². The summed E-state index contributed by atoms with van der Waals surface area (Å²) in [6.45, 7) is -0.000851. The van der Waals surface area contributed by atoms with E-state index in [9.17, 15) is 23.1 Å². The summed E-state index contributed by atoms with van der Waals surface area (Å²) in [4.78, 5) is 23.2. The molecule has 0 fully saturated rings. The number of benzene rings is 2. The molecule has 0 atom stereocenters. The van der Waals surface area contributed by atoms with Crippen molar-refractivity contribution in [3.63, 3.8) is 0 Å². The second-order valence-corrected chi connectivity index (χ2v) is 9.04. The molecule has 3 aromatic rings. The number of anilines is 1. The maximum absolute atomic E-state index is 13.2. The first-order chi connectivity index (χ1) is 13.3. The van der Waals surface area contributed by atoms with Crippen molar-refractivity contribution in [3.05, 3.63) is 70.6 Å². The molecule has 9 heteroatoms. The minimum atomic E-state index is -3.97. The van der Waals surface area contributed by atoms with Crippen molar-refractivity contribution in [2.75, 3.05) is 4.31 Å². The summed E-state index contributed by atoms with van der Waals surface area (Å²) in [6, 6.07) is 13.4. The summed E-state index contributed by atoms with van der Waals surface area (Å²) in [7, 11) is -3.97. The number of carboxylic acids is 2. The second-order valence-electron chi connectivity index (χ2n) is 6.13. The van der Waals surface area contributed by atoms with E-state index in [0.29, 0.717) is 16.8 Å². The summed E-state index contributed by atoms with van der Waals surface area (Å²) in [5.74, 6) is -2.20. The summed E-state index contributed by atoms with van der Waals surface area (Å²) in [6.07, 6.45) is 0. The first-order valence-corrected chi connectivity index (χ1v) is 10.4. The van der Waals surface area contributed by atoms with Crippen molar-refractivity contribution in [1.82, 2.24) is 0 Å². The average Bonchev–Trinajstić information content (AvgIpc) is 3.12. The molecular formula is C19H13NO6S2. The van der Waals surface area contributed by atoms with E-state index in [4.69, 9.17) is 5.11 Å². The molecule has 0 saturated heterocycles. The number of para-hydroxylation sites is 1. The van der Waals surface area contributed by atoms with Gasteiger partial charge in [0.05, 0.1) is 22.7 Å². The van der Waals surface area contributed by atoms with Gasteiger partial charge in [0.25, 0.3) is 10.0 Å². The maximum Gasteiger partial charge on any atom is 0.345 e. The SMILES string of the molecule is O=C(O)c1ccc(S(=O)(=O)N2Cc3cc(C(=O)O)sc3-c3ccccc32)cc1. The molecule has 0 spiro atoms. The predicted molar refractivity (Wildman–Crippen MR) is 103 cm³/mol. The number of carboxylic acid groups (broad SMARTS) is 2. The first-order valence-electron chi connectivity index (χ1n) is 8.10. The highest BCUT2D eigenvalue weighted by molar-refractivity contribution is 7.92. The van der Waals surface area contributed by atoms with Gasteiger partial charge in [-0.1, -0.05) is 18.2 Å². The molecule has 2 N–H and O–H groups in total. The Hall–Kier alpha value is -3.17. The number of aromatic carboxylic acids is 2. The monoisotopic (exact) mass is 415 g/mol. The van der Waals surface area contributed by atoms with Gasteiger partial charge in [0.1, 0.15) is 4.88 Å². The van der Waals surface area contributed by atoms with Crippen LogP contribution in [0.2, 0.25) is 0 Å². The molecule has 2 aromatic carbocycles. The number of hydrogen-bond donors (Lipinski definition) is 2. The molecule has 0 amide bonds. The highest BCUT2D eigenvalue weighted by Gasteiger charge is 2.33. The summed E-state index contributed by atoms with van der Waals surface area (Å²) in [5, 5.41) is 18.3. The van der Waals surface area contributed by atoms with Crippen molar-refractivity contribution in [2.45, 2.75) is 11.4 Å². The molecule has 1 aromatic heterocycles. The minimum Gasteiger partial charge on any atom is -0.478 e. The van der Waals surface area contributed by atoms with Gasteiger partial charge in [-0.2, -0.15) is 0 Å². The molecule has 4 rings (SSSR count). The van der Waals surface area contributed by atoms with E-state index >= 15 is 0 Å². The lowest BCUT2D eigenvalue weighted by Crippen LogP contribution is -2.32. The van der Waals surface area contributed by atoms with Crippen molar-refractivity contribution in [1.29, 1.82) is 0 Å². The largest absolute Gasteiger partial charge is 0.478 e. The van der Waals surface area contributed by atoms with Crippen molar-refractivity contribution in [3.8, 4) is 10.4 Å². The van der Waals surface area contributed by atoms with E-state index in [2.05, 4.69) is 0 Å². The molecule has 0 unspecified atom stereocenters. The van der Waals surface area contributed by atoms with E-state index in [0.717, 1.165) is 16.2 Å². The lowest BCUT2D eigenvalue weighted by Gasteiger charge is -2.30. The van der Waals surface area contributed by atoms with Crippen LogP contribution in [0.4, 0.5) is 5.69 Å². The van der Waals surface area contributed by atoms with Gasteiger partial charge in [-0.25, -0.2) is 18.0 Å². The van der Waals surface area contributed by atoms with Gasteiger partial charge >= 0.3 is 11.9 Å². The van der Waals surface area contributed by atoms with E-state index in [1.165, 1.54) is 34.6 Å². The molecule has 0 radical (unpaired) electrons. The Balaban J connectivity index is 1.83. The number of fused-ring (bicyclic) bond motifs is 3. The lowest BCUT2D eigenvalue weighted by atomic mass is 10.0. The predicted octanol–water partition coefficient (Wildman–Crippen LogP) is 3.52. The molecule has 1 aliphatic rings. The highest BCUT2D eigenvalue weighted by atomic mass is 32.2. The molecule has 0 aliphatic carbocycles. The first kappa shape index (κ1) is 18.2. The van der Waals surface area contributed by atoms with Gasteiger partial charge < -0.3 is 10.2 Å². The van der Waals surface area contributed by atoms with E-state index in [1.807, 2.05) is 0 Å². The van der Waals surface area contributed by atoms with E-state index < -0.39 is 22.0 Å². The summed E-state index contributed by atoms with van der Waals surface area (Å²) >= 11 is 1.11. The van der Waals surface area contributed by atoms with Crippen LogP contribution in [-0.4, -0.2) is 30.6 Å². The smallest absolute Gasteiger partial charge is 0.345 e. The Kier molecular flexibility index (Phi) is 4.20. The average molecular weight is 415 g/mol. The highest BCUT2D eigenvalue weighted by Crippen LogP contribution is 2.45. The van der Waals surface area contributed by atoms with Crippen molar-refractivity contribution in [2.24, 2.45) is 0 Å². The van der Waals surface area contributed by atoms with E-state index in [1.54, 1.807) is 24.3 Å². The zero-order valence-corrected chi connectivity index (χ0v) is 15.8. The van der Waals surface area contributed by atoms with Crippen LogP contribution in [0.5, 0.6) is 0 Å². The number of thiophene rings is 1. The lowest BCUT2D eigenvalue weighted by molar-refractivity contribution is 0.0688. The fourth-order valence-electron chi connectivity index (χ4n) is 3.11. The van der Waals surface area contributed by atoms with E-state index in [-0.39, 0.29) is 21.9 Å². The third-order valence-corrected chi connectivity index (χ3v) is 7.41. The zero-order chi connectivity index (χ0) is 20.1.